The maximum Gasteiger partial charge on any atom is 0.221 e. The smallest absolute Gasteiger partial charge is 0.221 e. The largest absolute Gasteiger partial charge is 0.497 e. The van der Waals surface area contributed by atoms with Crippen molar-refractivity contribution in [2.45, 2.75) is 37.6 Å². The summed E-state index contributed by atoms with van der Waals surface area (Å²) in [6.45, 7) is 3.89. The first kappa shape index (κ1) is 19.7. The Morgan fingerprint density at radius 3 is 2.48 bits per heavy atom. The van der Waals surface area contributed by atoms with E-state index in [1.54, 1.807) is 7.11 Å². The molecule has 5 nitrogen and oxygen atoms in total. The molecule has 1 aliphatic rings. The topological polar surface area (TPSA) is 73.6 Å². The molecule has 1 unspecified atom stereocenters. The molecular weight excluding hydrogens is 316 g/mol. The molecule has 1 fully saturated rings. The summed E-state index contributed by atoms with van der Waals surface area (Å²) in [5.74, 6) is 0.848. The van der Waals surface area contributed by atoms with E-state index in [1.807, 2.05) is 19.1 Å². The van der Waals surface area contributed by atoms with Gasteiger partial charge >= 0.3 is 0 Å². The molecule has 1 atom stereocenters. The van der Waals surface area contributed by atoms with Crippen molar-refractivity contribution in [1.82, 2.24) is 5.32 Å². The molecule has 1 aromatic carbocycles. The molecule has 130 valence electrons. The third-order valence-corrected chi connectivity index (χ3v) is 4.28. The van der Waals surface area contributed by atoms with Crippen molar-refractivity contribution in [3.05, 3.63) is 29.8 Å². The van der Waals surface area contributed by atoms with Crippen molar-refractivity contribution in [3.63, 3.8) is 0 Å². The summed E-state index contributed by atoms with van der Waals surface area (Å²) in [4.78, 5) is 11.9. The molecule has 23 heavy (non-hydrogen) atoms. The summed E-state index contributed by atoms with van der Waals surface area (Å²) in [6, 6.07) is 7.99. The SMILES string of the molecule is COc1ccc(C2(CNC(=O)CC(C)N)CCOCC2)cc1.Cl. The number of nitrogens with one attached hydrogen (secondary N) is 1. The van der Waals surface area contributed by atoms with Gasteiger partial charge in [0.2, 0.25) is 5.91 Å². The zero-order chi connectivity index (χ0) is 16.0. The number of methoxy groups -OCH3 is 1. The van der Waals surface area contributed by atoms with Gasteiger partial charge in [0.1, 0.15) is 5.75 Å². The van der Waals surface area contributed by atoms with Gasteiger partial charge in [-0.3, -0.25) is 4.79 Å². The molecule has 0 aliphatic carbocycles. The third kappa shape index (κ3) is 5.37. The fraction of sp³-hybridized carbons (Fsp3) is 0.588. The van der Waals surface area contributed by atoms with E-state index < -0.39 is 0 Å². The molecule has 0 bridgehead atoms. The molecule has 2 rings (SSSR count). The van der Waals surface area contributed by atoms with Gasteiger partial charge in [0.15, 0.2) is 0 Å². The van der Waals surface area contributed by atoms with E-state index >= 15 is 0 Å². The summed E-state index contributed by atoms with van der Waals surface area (Å²) in [6.07, 6.45) is 2.16. The van der Waals surface area contributed by atoms with Gasteiger partial charge in [-0.2, -0.15) is 0 Å². The van der Waals surface area contributed by atoms with Crippen LogP contribution in [0.3, 0.4) is 0 Å². The normalized spacial score (nSPS) is 17.7. The molecule has 1 saturated heterocycles. The average molecular weight is 343 g/mol. The lowest BCUT2D eigenvalue weighted by Gasteiger charge is -2.38. The maximum absolute atomic E-state index is 11.9. The molecule has 0 saturated carbocycles. The van der Waals surface area contributed by atoms with E-state index in [4.69, 9.17) is 15.2 Å². The Labute approximate surface area is 144 Å². The van der Waals surface area contributed by atoms with Crippen molar-refractivity contribution >= 4 is 18.3 Å². The number of carbonyl (C=O) groups is 1. The molecule has 0 radical (unpaired) electrons. The number of nitrogens with two attached hydrogens (primary N) is 1. The van der Waals surface area contributed by atoms with E-state index in [9.17, 15) is 4.79 Å². The van der Waals surface area contributed by atoms with Crippen LogP contribution >= 0.6 is 12.4 Å². The Kier molecular flexibility index (Phi) is 7.82. The summed E-state index contributed by atoms with van der Waals surface area (Å²) in [7, 11) is 1.66. The van der Waals surface area contributed by atoms with Crippen LogP contribution in [0.2, 0.25) is 0 Å². The highest BCUT2D eigenvalue weighted by Crippen LogP contribution is 2.35. The molecule has 1 aliphatic heterocycles. The fourth-order valence-electron chi connectivity index (χ4n) is 2.91. The predicted molar refractivity (Wildman–Crippen MR) is 93.2 cm³/mol. The second-order valence-electron chi connectivity index (χ2n) is 6.08. The van der Waals surface area contributed by atoms with Crippen LogP contribution in [0.1, 0.15) is 31.7 Å². The second-order valence-corrected chi connectivity index (χ2v) is 6.08. The highest BCUT2D eigenvalue weighted by atomic mass is 35.5. The zero-order valence-electron chi connectivity index (χ0n) is 13.8. The van der Waals surface area contributed by atoms with Crippen molar-refractivity contribution < 1.29 is 14.3 Å². The number of hydrogen-bond acceptors (Lipinski definition) is 4. The lowest BCUT2D eigenvalue weighted by molar-refractivity contribution is -0.121. The van der Waals surface area contributed by atoms with Gasteiger partial charge in [0.25, 0.3) is 0 Å². The minimum atomic E-state index is -0.119. The third-order valence-electron chi connectivity index (χ3n) is 4.28. The number of ether oxygens (including phenoxy) is 2. The van der Waals surface area contributed by atoms with Crippen LogP contribution < -0.4 is 15.8 Å². The van der Waals surface area contributed by atoms with Crippen LogP contribution in [0.15, 0.2) is 24.3 Å². The van der Waals surface area contributed by atoms with E-state index in [-0.39, 0.29) is 29.8 Å². The predicted octanol–water partition coefficient (Wildman–Crippen LogP) is 2.02. The first-order chi connectivity index (χ1) is 10.6. The van der Waals surface area contributed by atoms with Crippen LogP contribution in [0.5, 0.6) is 5.75 Å². The molecule has 3 N–H and O–H groups in total. The molecule has 1 amide bonds. The summed E-state index contributed by atoms with van der Waals surface area (Å²) >= 11 is 0. The molecule has 6 heteroatoms. The highest BCUT2D eigenvalue weighted by molar-refractivity contribution is 5.85. The molecule has 1 heterocycles. The lowest BCUT2D eigenvalue weighted by atomic mass is 9.74. The molecular formula is C17H27ClN2O3. The Bertz CT molecular complexity index is 485. The van der Waals surface area contributed by atoms with E-state index in [0.717, 1.165) is 31.8 Å². The van der Waals surface area contributed by atoms with Gasteiger partial charge < -0.3 is 20.5 Å². The van der Waals surface area contributed by atoms with Crippen molar-refractivity contribution in [3.8, 4) is 5.75 Å². The van der Waals surface area contributed by atoms with Crippen molar-refractivity contribution in [2.24, 2.45) is 5.73 Å². The van der Waals surface area contributed by atoms with Crippen LogP contribution in [0.25, 0.3) is 0 Å². The Balaban J connectivity index is 0.00000264. The first-order valence-corrected chi connectivity index (χ1v) is 7.80. The minimum absolute atomic E-state index is 0. The van der Waals surface area contributed by atoms with Gasteiger partial charge in [0.05, 0.1) is 7.11 Å². The molecule has 1 aromatic rings. The van der Waals surface area contributed by atoms with E-state index in [1.165, 1.54) is 5.56 Å². The number of carbonyl (C=O) groups excluding carboxylic acids is 1. The standard InChI is InChI=1S/C17H26N2O3.ClH/c1-13(18)11-16(20)19-12-17(7-9-22-10-8-17)14-3-5-15(21-2)6-4-14;/h3-6,13H,7-12,18H2,1-2H3,(H,19,20);1H. The quantitative estimate of drug-likeness (QED) is 0.829. The number of amides is 1. The fourth-order valence-corrected chi connectivity index (χ4v) is 2.91. The van der Waals surface area contributed by atoms with Crippen LogP contribution in [-0.2, 0) is 14.9 Å². The summed E-state index contributed by atoms with van der Waals surface area (Å²) < 4.78 is 10.7. The van der Waals surface area contributed by atoms with Gasteiger partial charge in [-0.25, -0.2) is 0 Å². The monoisotopic (exact) mass is 342 g/mol. The van der Waals surface area contributed by atoms with Gasteiger partial charge in [0, 0.05) is 37.6 Å². The second kappa shape index (κ2) is 9.11. The van der Waals surface area contributed by atoms with E-state index in [2.05, 4.69) is 17.4 Å². The Hall–Kier alpha value is -1.30. The van der Waals surface area contributed by atoms with Gasteiger partial charge in [-0.05, 0) is 37.5 Å². The van der Waals surface area contributed by atoms with Crippen LogP contribution in [0.4, 0.5) is 0 Å². The van der Waals surface area contributed by atoms with Crippen molar-refractivity contribution in [1.29, 1.82) is 0 Å². The van der Waals surface area contributed by atoms with Gasteiger partial charge in [-0.1, -0.05) is 12.1 Å². The molecule has 0 spiro atoms. The molecule has 0 aromatic heterocycles. The van der Waals surface area contributed by atoms with Gasteiger partial charge in [-0.15, -0.1) is 12.4 Å². The summed E-state index contributed by atoms with van der Waals surface area (Å²) in [5.41, 5.74) is 6.83. The number of benzene rings is 1. The van der Waals surface area contributed by atoms with Crippen molar-refractivity contribution in [2.75, 3.05) is 26.9 Å². The number of hydrogen-bond donors (Lipinski definition) is 2. The average Bonchev–Trinajstić information content (AvgIpc) is 2.53. The maximum atomic E-state index is 11.9. The Morgan fingerprint density at radius 2 is 1.96 bits per heavy atom. The zero-order valence-corrected chi connectivity index (χ0v) is 14.7. The van der Waals surface area contributed by atoms with Crippen LogP contribution in [0, 0.1) is 0 Å². The van der Waals surface area contributed by atoms with Crippen LogP contribution in [-0.4, -0.2) is 38.8 Å². The van der Waals surface area contributed by atoms with E-state index in [0.29, 0.717) is 13.0 Å². The minimum Gasteiger partial charge on any atom is -0.497 e. The highest BCUT2D eigenvalue weighted by Gasteiger charge is 2.34. The summed E-state index contributed by atoms with van der Waals surface area (Å²) in [5, 5.41) is 3.05. The first-order valence-electron chi connectivity index (χ1n) is 7.80. The number of rotatable bonds is 6. The lowest BCUT2D eigenvalue weighted by Crippen LogP contribution is -2.45. The number of halogens is 1. The Morgan fingerprint density at radius 1 is 1.35 bits per heavy atom.